The first kappa shape index (κ1) is 16.0. The lowest BCUT2D eigenvalue weighted by molar-refractivity contribution is 0.102. The summed E-state index contributed by atoms with van der Waals surface area (Å²) in [5.74, 6) is -0.910. The van der Waals surface area contributed by atoms with Crippen LogP contribution in [0.4, 0.5) is 4.39 Å². The van der Waals surface area contributed by atoms with Crippen molar-refractivity contribution in [3.63, 3.8) is 0 Å². The summed E-state index contributed by atoms with van der Waals surface area (Å²) in [7, 11) is 0. The van der Waals surface area contributed by atoms with Gasteiger partial charge in [0.05, 0.1) is 17.0 Å². The van der Waals surface area contributed by atoms with E-state index in [1.807, 2.05) is 60.7 Å². The van der Waals surface area contributed by atoms with E-state index in [1.54, 1.807) is 12.1 Å². The molecule has 0 unspecified atom stereocenters. The first-order valence-corrected chi connectivity index (χ1v) is 8.24. The Morgan fingerprint density at radius 1 is 0.769 bits per heavy atom. The van der Waals surface area contributed by atoms with Gasteiger partial charge in [-0.2, -0.15) is 0 Å². The summed E-state index contributed by atoms with van der Waals surface area (Å²) in [5.41, 5.74) is 3.19. The highest BCUT2D eigenvalue weighted by atomic mass is 19.1. The number of benzene rings is 3. The average molecular weight is 342 g/mol. The summed E-state index contributed by atoms with van der Waals surface area (Å²) >= 11 is 0. The van der Waals surface area contributed by atoms with Crippen LogP contribution in [-0.2, 0) is 0 Å². The summed E-state index contributed by atoms with van der Waals surface area (Å²) in [6, 6.07) is 25.2. The van der Waals surface area contributed by atoms with E-state index in [2.05, 4.69) is 9.97 Å². The third kappa shape index (κ3) is 2.93. The number of nitrogens with one attached hydrogen (secondary N) is 1. The smallest absolute Gasteiger partial charge is 0.231 e. The van der Waals surface area contributed by atoms with Crippen LogP contribution in [0, 0.1) is 5.82 Å². The second kappa shape index (κ2) is 6.76. The van der Waals surface area contributed by atoms with Crippen molar-refractivity contribution in [3.8, 4) is 22.5 Å². The number of carbonyl (C=O) groups excluding carboxylic acids is 1. The fourth-order valence-corrected chi connectivity index (χ4v) is 2.87. The number of halogens is 1. The molecule has 0 aliphatic rings. The van der Waals surface area contributed by atoms with E-state index < -0.39 is 11.6 Å². The van der Waals surface area contributed by atoms with Crippen LogP contribution in [0.1, 0.15) is 16.2 Å². The van der Waals surface area contributed by atoms with Crippen molar-refractivity contribution >= 4 is 5.78 Å². The number of ketones is 1. The Hall–Kier alpha value is -3.53. The minimum absolute atomic E-state index is 0.000438. The summed E-state index contributed by atoms with van der Waals surface area (Å²) < 4.78 is 14.0. The molecule has 0 aliphatic heterocycles. The number of hydrogen-bond donors (Lipinski definition) is 1. The minimum atomic E-state index is -0.559. The van der Waals surface area contributed by atoms with Crippen LogP contribution in [0.5, 0.6) is 0 Å². The quantitative estimate of drug-likeness (QED) is 0.524. The lowest BCUT2D eigenvalue weighted by Crippen LogP contribution is -2.06. The molecule has 4 rings (SSSR count). The van der Waals surface area contributed by atoms with E-state index in [1.165, 1.54) is 12.1 Å². The van der Waals surface area contributed by atoms with E-state index in [-0.39, 0.29) is 11.4 Å². The van der Waals surface area contributed by atoms with E-state index in [4.69, 9.17) is 0 Å². The zero-order chi connectivity index (χ0) is 17.9. The number of aromatic nitrogens is 2. The van der Waals surface area contributed by atoms with Crippen LogP contribution in [0.25, 0.3) is 22.5 Å². The molecule has 0 bridgehead atoms. The van der Waals surface area contributed by atoms with Crippen molar-refractivity contribution in [2.45, 2.75) is 0 Å². The maximum atomic E-state index is 14.0. The summed E-state index contributed by atoms with van der Waals surface area (Å²) in [6.07, 6.45) is 0. The van der Waals surface area contributed by atoms with Crippen LogP contribution >= 0.6 is 0 Å². The van der Waals surface area contributed by atoms with Crippen molar-refractivity contribution in [3.05, 3.63) is 102 Å². The maximum absolute atomic E-state index is 14.0. The molecule has 0 saturated carbocycles. The molecular formula is C22H15FN2O. The van der Waals surface area contributed by atoms with Gasteiger partial charge in [-0.1, -0.05) is 72.8 Å². The standard InChI is InChI=1S/C22H15FN2O/c23-18-14-8-7-13-17(18)21(26)22-24-19(15-9-3-1-4-10-15)20(25-22)16-11-5-2-6-12-16/h1-14H,(H,24,25). The molecule has 0 aliphatic carbocycles. The highest BCUT2D eigenvalue weighted by Gasteiger charge is 2.21. The van der Waals surface area contributed by atoms with Gasteiger partial charge in [0.15, 0.2) is 5.82 Å². The van der Waals surface area contributed by atoms with Gasteiger partial charge >= 0.3 is 0 Å². The van der Waals surface area contributed by atoms with Crippen molar-refractivity contribution in [2.75, 3.05) is 0 Å². The molecule has 0 spiro atoms. The average Bonchev–Trinajstić information content (AvgIpc) is 3.15. The first-order valence-electron chi connectivity index (χ1n) is 8.24. The van der Waals surface area contributed by atoms with Crippen LogP contribution in [-0.4, -0.2) is 15.8 Å². The number of imidazole rings is 1. The number of H-pyrrole nitrogens is 1. The minimum Gasteiger partial charge on any atom is -0.335 e. The Morgan fingerprint density at radius 2 is 1.35 bits per heavy atom. The van der Waals surface area contributed by atoms with Gasteiger partial charge in [-0.15, -0.1) is 0 Å². The van der Waals surface area contributed by atoms with Gasteiger partial charge in [0.25, 0.3) is 0 Å². The van der Waals surface area contributed by atoms with Crippen LogP contribution in [0.15, 0.2) is 84.9 Å². The molecule has 0 fully saturated rings. The Kier molecular flexibility index (Phi) is 4.15. The van der Waals surface area contributed by atoms with Crippen LogP contribution in [0.3, 0.4) is 0 Å². The van der Waals surface area contributed by atoms with E-state index in [0.29, 0.717) is 5.69 Å². The van der Waals surface area contributed by atoms with Crippen molar-refractivity contribution < 1.29 is 9.18 Å². The SMILES string of the molecule is O=C(c1nc(-c2ccccc2)c(-c2ccccc2)[nH]1)c1ccccc1F. The normalized spacial score (nSPS) is 10.7. The summed E-state index contributed by atoms with van der Waals surface area (Å²) in [4.78, 5) is 20.4. The Labute approximate surface area is 150 Å². The third-order valence-corrected chi connectivity index (χ3v) is 4.15. The molecule has 4 heteroatoms. The predicted molar refractivity (Wildman–Crippen MR) is 99.3 cm³/mol. The molecule has 1 N–H and O–H groups in total. The highest BCUT2D eigenvalue weighted by Crippen LogP contribution is 2.30. The molecule has 1 aromatic heterocycles. The molecule has 4 aromatic rings. The van der Waals surface area contributed by atoms with Crippen LogP contribution < -0.4 is 0 Å². The molecule has 3 aromatic carbocycles. The summed E-state index contributed by atoms with van der Waals surface area (Å²) in [5, 5.41) is 0. The van der Waals surface area contributed by atoms with Gasteiger partial charge in [-0.25, -0.2) is 9.37 Å². The van der Waals surface area contributed by atoms with Crippen molar-refractivity contribution in [1.82, 2.24) is 9.97 Å². The van der Waals surface area contributed by atoms with Crippen molar-refractivity contribution in [1.29, 1.82) is 0 Å². The number of nitrogens with zero attached hydrogens (tertiary/aromatic N) is 1. The van der Waals surface area contributed by atoms with Crippen molar-refractivity contribution in [2.24, 2.45) is 0 Å². The first-order chi connectivity index (χ1) is 12.7. The highest BCUT2D eigenvalue weighted by molar-refractivity contribution is 6.07. The molecule has 1 heterocycles. The fourth-order valence-electron chi connectivity index (χ4n) is 2.87. The lowest BCUT2D eigenvalue weighted by atomic mass is 10.1. The third-order valence-electron chi connectivity index (χ3n) is 4.15. The van der Waals surface area contributed by atoms with Gasteiger partial charge in [0, 0.05) is 11.1 Å². The molecule has 126 valence electrons. The monoisotopic (exact) mass is 342 g/mol. The van der Waals surface area contributed by atoms with E-state index in [9.17, 15) is 9.18 Å². The van der Waals surface area contributed by atoms with E-state index >= 15 is 0 Å². The second-order valence-electron chi connectivity index (χ2n) is 5.85. The Balaban J connectivity index is 1.87. The summed E-state index contributed by atoms with van der Waals surface area (Å²) in [6.45, 7) is 0. The van der Waals surface area contributed by atoms with Crippen LogP contribution in [0.2, 0.25) is 0 Å². The van der Waals surface area contributed by atoms with Gasteiger partial charge in [-0.3, -0.25) is 4.79 Å². The second-order valence-corrected chi connectivity index (χ2v) is 5.85. The zero-order valence-electron chi connectivity index (χ0n) is 13.8. The van der Waals surface area contributed by atoms with Gasteiger partial charge < -0.3 is 4.98 Å². The Morgan fingerprint density at radius 3 is 2.00 bits per heavy atom. The molecule has 0 atom stereocenters. The molecule has 26 heavy (non-hydrogen) atoms. The van der Waals surface area contributed by atoms with E-state index in [0.717, 1.165) is 16.8 Å². The molecule has 3 nitrogen and oxygen atoms in total. The fraction of sp³-hybridized carbons (Fsp3) is 0. The number of carbonyl (C=O) groups is 1. The van der Waals surface area contributed by atoms with Gasteiger partial charge in [0.1, 0.15) is 5.82 Å². The van der Waals surface area contributed by atoms with Gasteiger partial charge in [0.2, 0.25) is 5.78 Å². The molecule has 0 amide bonds. The molecule has 0 saturated heterocycles. The predicted octanol–water partition coefficient (Wildman–Crippen LogP) is 5.11. The molecule has 0 radical (unpaired) electrons. The topological polar surface area (TPSA) is 45.8 Å². The lowest BCUT2D eigenvalue weighted by Gasteiger charge is -2.02. The molecular weight excluding hydrogens is 327 g/mol. The number of aromatic amines is 1. The largest absolute Gasteiger partial charge is 0.335 e. The maximum Gasteiger partial charge on any atom is 0.231 e. The number of rotatable bonds is 4. The zero-order valence-corrected chi connectivity index (χ0v) is 13.8. The number of hydrogen-bond acceptors (Lipinski definition) is 2. The van der Waals surface area contributed by atoms with Gasteiger partial charge in [-0.05, 0) is 12.1 Å². The Bertz CT molecular complexity index is 999.